The molecular formula is C21H25N3O4. The Labute approximate surface area is 164 Å². The Hall–Kier alpha value is -3.09. The van der Waals surface area contributed by atoms with E-state index in [-0.39, 0.29) is 23.4 Å². The third-order valence-electron chi connectivity index (χ3n) is 5.11. The van der Waals surface area contributed by atoms with Gasteiger partial charge < -0.3 is 9.30 Å². The number of para-hydroxylation sites is 1. The SMILES string of the molecule is CCCCN1C(=O)/C(=C/c2cn(C(C)C(=O)OC)c3ccccc23)C(=O)N1C. The molecule has 1 aromatic heterocycles. The minimum absolute atomic E-state index is 0.132. The summed E-state index contributed by atoms with van der Waals surface area (Å²) in [4.78, 5) is 37.4. The van der Waals surface area contributed by atoms with E-state index in [9.17, 15) is 14.4 Å². The molecule has 0 spiro atoms. The number of amides is 2. The lowest BCUT2D eigenvalue weighted by atomic mass is 10.1. The maximum absolute atomic E-state index is 12.8. The number of likely N-dealkylation sites (N-methyl/N-ethyl adjacent to an activating group) is 1. The number of carbonyl (C=O) groups excluding carboxylic acids is 3. The van der Waals surface area contributed by atoms with Gasteiger partial charge in [0.25, 0.3) is 11.8 Å². The van der Waals surface area contributed by atoms with E-state index in [4.69, 9.17) is 4.74 Å². The van der Waals surface area contributed by atoms with Crippen LogP contribution in [0, 0.1) is 0 Å². The molecule has 7 nitrogen and oxygen atoms in total. The standard InChI is InChI=1S/C21H25N3O4/c1-5-6-11-24-20(26)17(19(25)22(24)3)12-15-13-23(14(2)21(27)28-4)18-10-8-7-9-16(15)18/h7-10,12-14H,5-6,11H2,1-4H3/b17-12+. The van der Waals surface area contributed by atoms with Crippen LogP contribution in [0.3, 0.4) is 0 Å². The van der Waals surface area contributed by atoms with Crippen LogP contribution in [0.4, 0.5) is 0 Å². The fraction of sp³-hybridized carbons (Fsp3) is 0.381. The van der Waals surface area contributed by atoms with Crippen molar-refractivity contribution in [3.05, 3.63) is 41.6 Å². The Morgan fingerprint density at radius 1 is 1.21 bits per heavy atom. The minimum Gasteiger partial charge on any atom is -0.467 e. The monoisotopic (exact) mass is 383 g/mol. The van der Waals surface area contributed by atoms with Crippen molar-refractivity contribution in [1.82, 2.24) is 14.6 Å². The van der Waals surface area contributed by atoms with Crippen LogP contribution in [0.5, 0.6) is 0 Å². The molecule has 3 rings (SSSR count). The molecule has 2 aromatic rings. The number of methoxy groups -OCH3 is 1. The van der Waals surface area contributed by atoms with E-state index in [1.807, 2.05) is 31.2 Å². The lowest BCUT2D eigenvalue weighted by Gasteiger charge is -2.22. The quantitative estimate of drug-likeness (QED) is 0.437. The van der Waals surface area contributed by atoms with Crippen molar-refractivity contribution < 1.29 is 19.1 Å². The predicted molar refractivity (Wildman–Crippen MR) is 106 cm³/mol. The van der Waals surface area contributed by atoms with Gasteiger partial charge >= 0.3 is 5.97 Å². The summed E-state index contributed by atoms with van der Waals surface area (Å²) in [6.45, 7) is 4.30. The smallest absolute Gasteiger partial charge is 0.328 e. The first kappa shape index (κ1) is 19.7. The number of esters is 1. The number of fused-ring (bicyclic) bond motifs is 1. The number of benzene rings is 1. The van der Waals surface area contributed by atoms with Gasteiger partial charge in [0.05, 0.1) is 7.11 Å². The molecule has 0 radical (unpaired) electrons. The fourth-order valence-electron chi connectivity index (χ4n) is 3.44. The number of unbranched alkanes of at least 4 members (excludes halogenated alkanes) is 1. The van der Waals surface area contributed by atoms with Gasteiger partial charge in [-0.25, -0.2) is 9.80 Å². The highest BCUT2D eigenvalue weighted by Gasteiger charge is 2.38. The van der Waals surface area contributed by atoms with Crippen molar-refractivity contribution >= 4 is 34.8 Å². The topological polar surface area (TPSA) is 71.9 Å². The van der Waals surface area contributed by atoms with Crippen LogP contribution in [0.1, 0.15) is 38.3 Å². The fourth-order valence-corrected chi connectivity index (χ4v) is 3.44. The average molecular weight is 383 g/mol. The molecule has 0 saturated carbocycles. The Morgan fingerprint density at radius 3 is 2.61 bits per heavy atom. The van der Waals surface area contributed by atoms with Crippen LogP contribution < -0.4 is 0 Å². The van der Waals surface area contributed by atoms with E-state index < -0.39 is 6.04 Å². The average Bonchev–Trinajstić information content (AvgIpc) is 3.17. The molecule has 1 aromatic carbocycles. The van der Waals surface area contributed by atoms with Crippen LogP contribution >= 0.6 is 0 Å². The largest absolute Gasteiger partial charge is 0.467 e. The van der Waals surface area contributed by atoms with Gasteiger partial charge in [0, 0.05) is 36.3 Å². The summed E-state index contributed by atoms with van der Waals surface area (Å²) in [6, 6.07) is 7.04. The van der Waals surface area contributed by atoms with E-state index in [2.05, 4.69) is 0 Å². The molecule has 1 aliphatic heterocycles. The van der Waals surface area contributed by atoms with Gasteiger partial charge in [-0.2, -0.15) is 0 Å². The molecule has 28 heavy (non-hydrogen) atoms. The summed E-state index contributed by atoms with van der Waals surface area (Å²) < 4.78 is 6.66. The van der Waals surface area contributed by atoms with Crippen molar-refractivity contribution in [2.75, 3.05) is 20.7 Å². The Kier molecular flexibility index (Phi) is 5.53. The molecule has 1 unspecified atom stereocenters. The highest BCUT2D eigenvalue weighted by atomic mass is 16.5. The zero-order chi connectivity index (χ0) is 20.4. The molecule has 0 aliphatic carbocycles. The van der Waals surface area contributed by atoms with Gasteiger partial charge in [-0.1, -0.05) is 31.5 Å². The molecule has 1 aliphatic rings. The van der Waals surface area contributed by atoms with Crippen LogP contribution in [0.2, 0.25) is 0 Å². The Balaban J connectivity index is 2.06. The lowest BCUT2D eigenvalue weighted by molar-refractivity contribution is -0.144. The van der Waals surface area contributed by atoms with E-state index in [1.165, 1.54) is 17.1 Å². The van der Waals surface area contributed by atoms with Gasteiger partial charge in [-0.15, -0.1) is 0 Å². The molecule has 2 heterocycles. The first-order chi connectivity index (χ1) is 13.4. The highest BCUT2D eigenvalue weighted by Crippen LogP contribution is 2.29. The molecular weight excluding hydrogens is 358 g/mol. The number of ether oxygens (including phenoxy) is 1. The number of carbonyl (C=O) groups is 3. The van der Waals surface area contributed by atoms with Gasteiger partial charge in [0.15, 0.2) is 0 Å². The molecule has 2 amide bonds. The number of nitrogens with zero attached hydrogens (tertiary/aromatic N) is 3. The van der Waals surface area contributed by atoms with Crippen molar-refractivity contribution in [2.45, 2.75) is 32.7 Å². The van der Waals surface area contributed by atoms with Gasteiger partial charge in [-0.05, 0) is 25.5 Å². The molecule has 1 saturated heterocycles. The molecule has 7 heteroatoms. The predicted octanol–water partition coefficient (Wildman–Crippen LogP) is 2.77. The normalized spacial score (nSPS) is 17.1. The zero-order valence-corrected chi connectivity index (χ0v) is 16.6. The molecule has 1 fully saturated rings. The summed E-state index contributed by atoms with van der Waals surface area (Å²) in [5.74, 6) is -0.976. The first-order valence-electron chi connectivity index (χ1n) is 9.39. The van der Waals surface area contributed by atoms with Gasteiger partial charge in [0.2, 0.25) is 0 Å². The Bertz CT molecular complexity index is 960. The number of aromatic nitrogens is 1. The molecule has 0 bridgehead atoms. The second-order valence-corrected chi connectivity index (χ2v) is 6.88. The maximum atomic E-state index is 12.8. The number of hydrogen-bond donors (Lipinski definition) is 0. The van der Waals surface area contributed by atoms with E-state index >= 15 is 0 Å². The maximum Gasteiger partial charge on any atom is 0.328 e. The zero-order valence-electron chi connectivity index (χ0n) is 16.6. The number of hydrogen-bond acceptors (Lipinski definition) is 4. The summed E-state index contributed by atoms with van der Waals surface area (Å²) in [5, 5.41) is 3.72. The molecule has 148 valence electrons. The van der Waals surface area contributed by atoms with Gasteiger partial charge in [0.1, 0.15) is 11.6 Å². The first-order valence-corrected chi connectivity index (χ1v) is 9.39. The van der Waals surface area contributed by atoms with Crippen molar-refractivity contribution in [3.63, 3.8) is 0 Å². The minimum atomic E-state index is -0.527. The molecule has 1 atom stereocenters. The van der Waals surface area contributed by atoms with Crippen molar-refractivity contribution in [2.24, 2.45) is 0 Å². The number of hydrazine groups is 1. The Morgan fingerprint density at radius 2 is 1.93 bits per heavy atom. The van der Waals surface area contributed by atoms with Crippen LogP contribution in [-0.2, 0) is 19.1 Å². The van der Waals surface area contributed by atoms with Crippen LogP contribution in [-0.4, -0.2) is 53.1 Å². The van der Waals surface area contributed by atoms with E-state index in [1.54, 1.807) is 30.8 Å². The second kappa shape index (κ2) is 7.88. The van der Waals surface area contributed by atoms with E-state index in [0.29, 0.717) is 12.1 Å². The van der Waals surface area contributed by atoms with Crippen LogP contribution in [0.15, 0.2) is 36.0 Å². The van der Waals surface area contributed by atoms with Crippen LogP contribution in [0.25, 0.3) is 17.0 Å². The lowest BCUT2D eigenvalue weighted by Crippen LogP contribution is -2.38. The summed E-state index contributed by atoms with van der Waals surface area (Å²) in [5.41, 5.74) is 1.68. The summed E-state index contributed by atoms with van der Waals surface area (Å²) >= 11 is 0. The third-order valence-corrected chi connectivity index (χ3v) is 5.11. The highest BCUT2D eigenvalue weighted by molar-refractivity contribution is 6.25. The van der Waals surface area contributed by atoms with Crippen molar-refractivity contribution in [3.8, 4) is 0 Å². The van der Waals surface area contributed by atoms with Crippen molar-refractivity contribution in [1.29, 1.82) is 0 Å². The van der Waals surface area contributed by atoms with Gasteiger partial charge in [-0.3, -0.25) is 14.6 Å². The third kappa shape index (κ3) is 3.28. The summed E-state index contributed by atoms with van der Waals surface area (Å²) in [6.07, 6.45) is 5.17. The number of rotatable bonds is 6. The molecule has 0 N–H and O–H groups in total. The summed E-state index contributed by atoms with van der Waals surface area (Å²) in [7, 11) is 2.96. The van der Waals surface area contributed by atoms with E-state index in [0.717, 1.165) is 23.7 Å². The second-order valence-electron chi connectivity index (χ2n) is 6.88.